The molecule has 0 aliphatic carbocycles. The second-order valence-corrected chi connectivity index (χ2v) is 9.43. The molecule has 1 saturated heterocycles. The minimum absolute atomic E-state index is 0.0993. The maximum atomic E-state index is 13.5. The molecule has 0 spiro atoms. The van der Waals surface area contributed by atoms with Crippen LogP contribution in [0.15, 0.2) is 65.8 Å². The Labute approximate surface area is 215 Å². The molecule has 0 saturated carbocycles. The molecule has 9 nitrogen and oxygen atoms in total. The first-order valence-electron chi connectivity index (χ1n) is 12.4. The molecule has 0 radical (unpaired) electrons. The molecule has 3 aromatic heterocycles. The molecule has 1 aliphatic heterocycles. The van der Waals surface area contributed by atoms with Crippen LogP contribution in [0.25, 0.3) is 5.65 Å². The number of fused-ring (bicyclic) bond motifs is 1. The van der Waals surface area contributed by atoms with Crippen LogP contribution < -0.4 is 20.7 Å². The number of hydrogen-bond acceptors (Lipinski definition) is 7. The third-order valence-corrected chi connectivity index (χ3v) is 6.88. The number of pyridine rings is 2. The first-order valence-corrected chi connectivity index (χ1v) is 12.4. The Hall–Kier alpha value is -4.40. The van der Waals surface area contributed by atoms with Crippen LogP contribution in [0.3, 0.4) is 0 Å². The number of carbonyl (C=O) groups is 1. The average molecular weight is 499 g/mol. The van der Waals surface area contributed by atoms with Crippen LogP contribution in [0.4, 0.5) is 17.2 Å². The van der Waals surface area contributed by atoms with Gasteiger partial charge in [0.1, 0.15) is 11.5 Å². The number of aromatic nitrogens is 3. The molecular formula is C28H30N6O3. The summed E-state index contributed by atoms with van der Waals surface area (Å²) in [4.78, 5) is 38.9. The zero-order valence-electron chi connectivity index (χ0n) is 21.2. The molecule has 0 bridgehead atoms. The van der Waals surface area contributed by atoms with E-state index >= 15 is 0 Å². The van der Waals surface area contributed by atoms with Crippen molar-refractivity contribution in [1.29, 1.82) is 0 Å². The SMILES string of the molecule is Cc1cc([C@@H](C)Nc2ccccc2C(=O)O)c2nc(N3CCN(c4cccnc4)CC3)c(C)c(=O)n2c1. The number of aromatic carboxylic acids is 1. The number of benzene rings is 1. The van der Waals surface area contributed by atoms with Gasteiger partial charge in [-0.2, -0.15) is 0 Å². The van der Waals surface area contributed by atoms with Gasteiger partial charge in [-0.05, 0) is 56.7 Å². The number of piperazine rings is 1. The van der Waals surface area contributed by atoms with Crippen LogP contribution >= 0.6 is 0 Å². The lowest BCUT2D eigenvalue weighted by atomic mass is 10.1. The summed E-state index contributed by atoms with van der Waals surface area (Å²) >= 11 is 0. The summed E-state index contributed by atoms with van der Waals surface area (Å²) < 4.78 is 1.61. The average Bonchev–Trinajstić information content (AvgIpc) is 2.91. The van der Waals surface area contributed by atoms with Gasteiger partial charge in [-0.25, -0.2) is 9.78 Å². The third kappa shape index (κ3) is 4.72. The summed E-state index contributed by atoms with van der Waals surface area (Å²) in [5.74, 6) is -0.304. The lowest BCUT2D eigenvalue weighted by Gasteiger charge is -2.37. The molecule has 2 N–H and O–H groups in total. The molecule has 190 valence electrons. The van der Waals surface area contributed by atoms with Gasteiger partial charge in [0.05, 0.1) is 29.1 Å². The first-order chi connectivity index (χ1) is 17.8. The summed E-state index contributed by atoms with van der Waals surface area (Å²) in [6.45, 7) is 8.80. The molecule has 0 unspecified atom stereocenters. The Balaban J connectivity index is 1.50. The summed E-state index contributed by atoms with van der Waals surface area (Å²) in [6, 6.07) is 12.5. The molecule has 1 aliphatic rings. The lowest BCUT2D eigenvalue weighted by molar-refractivity contribution is 0.0698. The van der Waals surface area contributed by atoms with Crippen molar-refractivity contribution in [3.05, 3.63) is 93.7 Å². The second kappa shape index (κ2) is 9.93. The Bertz CT molecular complexity index is 1510. The van der Waals surface area contributed by atoms with E-state index in [1.807, 2.05) is 45.3 Å². The van der Waals surface area contributed by atoms with E-state index in [1.165, 1.54) is 0 Å². The highest BCUT2D eigenvalue weighted by Gasteiger charge is 2.24. The first kappa shape index (κ1) is 24.3. The summed E-state index contributed by atoms with van der Waals surface area (Å²) in [5, 5.41) is 12.9. The predicted octanol–water partition coefficient (Wildman–Crippen LogP) is 3.90. The highest BCUT2D eigenvalue weighted by molar-refractivity contribution is 5.94. The summed E-state index contributed by atoms with van der Waals surface area (Å²) in [5.41, 5.74) is 4.63. The van der Waals surface area contributed by atoms with E-state index in [4.69, 9.17) is 4.98 Å². The topological polar surface area (TPSA) is 103 Å². The van der Waals surface area contributed by atoms with Gasteiger partial charge in [0, 0.05) is 49.8 Å². The van der Waals surface area contributed by atoms with Crippen molar-refractivity contribution in [2.45, 2.75) is 26.8 Å². The normalized spacial score (nSPS) is 14.6. The summed E-state index contributed by atoms with van der Waals surface area (Å²) in [7, 11) is 0. The monoisotopic (exact) mass is 498 g/mol. The predicted molar refractivity (Wildman–Crippen MR) is 145 cm³/mol. The fraction of sp³-hybridized carbons (Fsp3) is 0.286. The van der Waals surface area contributed by atoms with Crippen LogP contribution in [0.2, 0.25) is 0 Å². The van der Waals surface area contributed by atoms with Gasteiger partial charge in [-0.15, -0.1) is 0 Å². The molecule has 1 aromatic carbocycles. The van der Waals surface area contributed by atoms with Gasteiger partial charge >= 0.3 is 5.97 Å². The molecular weight excluding hydrogens is 468 g/mol. The second-order valence-electron chi connectivity index (χ2n) is 9.43. The smallest absolute Gasteiger partial charge is 0.337 e. The largest absolute Gasteiger partial charge is 0.478 e. The van der Waals surface area contributed by atoms with Crippen molar-refractivity contribution >= 4 is 28.8 Å². The Kier molecular flexibility index (Phi) is 6.52. The van der Waals surface area contributed by atoms with Crippen LogP contribution in [-0.2, 0) is 0 Å². The van der Waals surface area contributed by atoms with Gasteiger partial charge in [0.25, 0.3) is 5.56 Å². The zero-order chi connectivity index (χ0) is 26.1. The number of carboxylic acid groups (broad SMARTS) is 1. The fourth-order valence-electron chi connectivity index (χ4n) is 4.93. The van der Waals surface area contributed by atoms with Gasteiger partial charge in [-0.1, -0.05) is 12.1 Å². The molecule has 4 aromatic rings. The standard InChI is InChI=1S/C28H30N6O3/c1-18-15-23(20(3)30-24-9-5-4-8-22(24)28(36)37)26-31-25(19(2)27(35)34(26)17-18)33-13-11-32(12-14-33)21-7-6-10-29-16-21/h4-10,15-17,20,30H,11-14H2,1-3H3,(H,36,37)/t20-/m1/s1. The van der Waals surface area contributed by atoms with E-state index in [0.717, 1.165) is 43.0 Å². The summed E-state index contributed by atoms with van der Waals surface area (Å²) in [6.07, 6.45) is 5.45. The van der Waals surface area contributed by atoms with Crippen molar-refractivity contribution in [2.24, 2.45) is 0 Å². The Morgan fingerprint density at radius 2 is 1.78 bits per heavy atom. The number of nitrogens with zero attached hydrogens (tertiary/aromatic N) is 5. The van der Waals surface area contributed by atoms with Crippen molar-refractivity contribution in [2.75, 3.05) is 41.3 Å². The van der Waals surface area contributed by atoms with Crippen LogP contribution in [0, 0.1) is 13.8 Å². The molecule has 9 heteroatoms. The number of rotatable bonds is 6. The number of aryl methyl sites for hydroxylation is 1. The molecule has 1 fully saturated rings. The van der Waals surface area contributed by atoms with Gasteiger partial charge in [0.15, 0.2) is 0 Å². The molecule has 0 amide bonds. The number of anilines is 3. The fourth-order valence-corrected chi connectivity index (χ4v) is 4.93. The van der Waals surface area contributed by atoms with E-state index in [0.29, 0.717) is 22.7 Å². The van der Waals surface area contributed by atoms with Crippen LogP contribution in [0.1, 0.15) is 40.0 Å². The van der Waals surface area contributed by atoms with Crippen molar-refractivity contribution in [1.82, 2.24) is 14.4 Å². The maximum absolute atomic E-state index is 13.5. The van der Waals surface area contributed by atoms with E-state index in [1.54, 1.807) is 34.9 Å². The van der Waals surface area contributed by atoms with Crippen molar-refractivity contribution in [3.63, 3.8) is 0 Å². The van der Waals surface area contributed by atoms with E-state index in [-0.39, 0.29) is 17.2 Å². The highest BCUT2D eigenvalue weighted by atomic mass is 16.4. The molecule has 4 heterocycles. The molecule has 5 rings (SSSR count). The van der Waals surface area contributed by atoms with Crippen molar-refractivity contribution < 1.29 is 9.90 Å². The third-order valence-electron chi connectivity index (χ3n) is 6.88. The maximum Gasteiger partial charge on any atom is 0.337 e. The number of hydrogen-bond donors (Lipinski definition) is 2. The molecule has 1 atom stereocenters. The zero-order valence-corrected chi connectivity index (χ0v) is 21.2. The highest BCUT2D eigenvalue weighted by Crippen LogP contribution is 2.27. The number of para-hydroxylation sites is 1. The minimum atomic E-state index is -0.998. The number of carboxylic acids is 1. The minimum Gasteiger partial charge on any atom is -0.478 e. The van der Waals surface area contributed by atoms with E-state index < -0.39 is 5.97 Å². The number of nitrogens with one attached hydrogen (secondary N) is 1. The van der Waals surface area contributed by atoms with Crippen LogP contribution in [-0.4, -0.2) is 51.6 Å². The van der Waals surface area contributed by atoms with E-state index in [2.05, 4.69) is 26.2 Å². The quantitative estimate of drug-likeness (QED) is 0.413. The Morgan fingerprint density at radius 1 is 1.05 bits per heavy atom. The molecule has 37 heavy (non-hydrogen) atoms. The van der Waals surface area contributed by atoms with E-state index in [9.17, 15) is 14.7 Å². The van der Waals surface area contributed by atoms with Crippen LogP contribution in [0.5, 0.6) is 0 Å². The van der Waals surface area contributed by atoms with Crippen molar-refractivity contribution in [3.8, 4) is 0 Å². The Morgan fingerprint density at radius 3 is 2.49 bits per heavy atom. The van der Waals surface area contributed by atoms with Gasteiger partial charge < -0.3 is 20.2 Å². The van der Waals surface area contributed by atoms with Gasteiger partial charge in [-0.3, -0.25) is 14.2 Å². The van der Waals surface area contributed by atoms with Gasteiger partial charge in [0.2, 0.25) is 0 Å². The lowest BCUT2D eigenvalue weighted by Crippen LogP contribution is -2.47.